The lowest BCUT2D eigenvalue weighted by molar-refractivity contribution is 0.0522. The van der Waals surface area contributed by atoms with Crippen LogP contribution in [0.2, 0.25) is 0 Å². The van der Waals surface area contributed by atoms with Crippen LogP contribution >= 0.6 is 0 Å². The van der Waals surface area contributed by atoms with E-state index in [9.17, 15) is 9.59 Å². The van der Waals surface area contributed by atoms with E-state index in [0.717, 1.165) is 11.1 Å². The number of ether oxygens (including phenoxy) is 2. The van der Waals surface area contributed by atoms with Crippen LogP contribution in [0, 0.1) is 0 Å². The standard InChI is InChI=1S/C23H17NO4/c25-22(15-6-2-1-3-7-15)24-19(12-16-8-4-5-9-18(16)23(24)26)17-10-11-20-21(13-17)28-14-27-20/h1-11,13,19H,12,14H2. The fraction of sp³-hybridized carbons (Fsp3) is 0.130. The van der Waals surface area contributed by atoms with Crippen LogP contribution in [0.4, 0.5) is 0 Å². The Morgan fingerprint density at radius 2 is 1.64 bits per heavy atom. The highest BCUT2D eigenvalue weighted by Gasteiger charge is 2.38. The molecule has 0 aliphatic carbocycles. The van der Waals surface area contributed by atoms with E-state index in [1.54, 1.807) is 30.3 Å². The maximum atomic E-state index is 13.3. The summed E-state index contributed by atoms with van der Waals surface area (Å²) in [6.07, 6.45) is 0.556. The van der Waals surface area contributed by atoms with Crippen LogP contribution in [-0.4, -0.2) is 23.5 Å². The van der Waals surface area contributed by atoms with Gasteiger partial charge in [0.25, 0.3) is 11.8 Å². The van der Waals surface area contributed by atoms with E-state index in [1.165, 1.54) is 4.90 Å². The average molecular weight is 371 g/mol. The Balaban J connectivity index is 1.62. The van der Waals surface area contributed by atoms with Crippen molar-refractivity contribution in [2.45, 2.75) is 12.5 Å². The van der Waals surface area contributed by atoms with E-state index in [4.69, 9.17) is 9.47 Å². The van der Waals surface area contributed by atoms with Gasteiger partial charge in [-0.2, -0.15) is 0 Å². The highest BCUT2D eigenvalue weighted by atomic mass is 16.7. The number of amides is 2. The number of rotatable bonds is 2. The minimum absolute atomic E-state index is 0.178. The number of fused-ring (bicyclic) bond motifs is 2. The second-order valence-electron chi connectivity index (χ2n) is 6.84. The highest BCUT2D eigenvalue weighted by molar-refractivity contribution is 6.12. The van der Waals surface area contributed by atoms with E-state index in [-0.39, 0.29) is 18.6 Å². The van der Waals surface area contributed by atoms with Gasteiger partial charge in [-0.3, -0.25) is 14.5 Å². The van der Waals surface area contributed by atoms with Gasteiger partial charge in [0, 0.05) is 11.1 Å². The molecule has 138 valence electrons. The predicted octanol–water partition coefficient (Wildman–Crippen LogP) is 4.00. The third kappa shape index (κ3) is 2.63. The minimum atomic E-state index is -0.412. The molecule has 0 saturated carbocycles. The lowest BCUT2D eigenvalue weighted by Crippen LogP contribution is -2.44. The summed E-state index contributed by atoms with van der Waals surface area (Å²) in [6, 6.07) is 21.5. The van der Waals surface area contributed by atoms with E-state index in [1.807, 2.05) is 42.5 Å². The summed E-state index contributed by atoms with van der Waals surface area (Å²) >= 11 is 0. The maximum absolute atomic E-state index is 13.3. The summed E-state index contributed by atoms with van der Waals surface area (Å²) < 4.78 is 10.9. The zero-order valence-electron chi connectivity index (χ0n) is 15.0. The molecule has 5 heteroatoms. The second-order valence-corrected chi connectivity index (χ2v) is 6.84. The third-order valence-corrected chi connectivity index (χ3v) is 5.21. The van der Waals surface area contributed by atoms with Gasteiger partial charge in [0.05, 0.1) is 6.04 Å². The molecular weight excluding hydrogens is 354 g/mol. The fourth-order valence-corrected chi connectivity index (χ4v) is 3.82. The summed E-state index contributed by atoms with van der Waals surface area (Å²) in [4.78, 5) is 28.0. The van der Waals surface area contributed by atoms with Crippen LogP contribution < -0.4 is 9.47 Å². The molecule has 0 aromatic heterocycles. The molecule has 0 bridgehead atoms. The zero-order chi connectivity index (χ0) is 19.1. The van der Waals surface area contributed by atoms with E-state index < -0.39 is 6.04 Å². The van der Waals surface area contributed by atoms with Crippen molar-refractivity contribution >= 4 is 11.8 Å². The molecule has 2 aliphatic rings. The molecule has 3 aromatic rings. The van der Waals surface area contributed by atoms with Crippen molar-refractivity contribution in [2.75, 3.05) is 6.79 Å². The Kier molecular flexibility index (Phi) is 3.86. The zero-order valence-corrected chi connectivity index (χ0v) is 15.0. The first-order valence-corrected chi connectivity index (χ1v) is 9.13. The van der Waals surface area contributed by atoms with Crippen LogP contribution in [0.1, 0.15) is 37.9 Å². The van der Waals surface area contributed by atoms with Gasteiger partial charge in [-0.15, -0.1) is 0 Å². The minimum Gasteiger partial charge on any atom is -0.454 e. The molecule has 1 unspecified atom stereocenters. The summed E-state index contributed by atoms with van der Waals surface area (Å²) in [7, 11) is 0. The third-order valence-electron chi connectivity index (χ3n) is 5.21. The molecule has 0 radical (unpaired) electrons. The normalized spacial score (nSPS) is 17.4. The van der Waals surface area contributed by atoms with Gasteiger partial charge >= 0.3 is 0 Å². The molecule has 0 fully saturated rings. The van der Waals surface area contributed by atoms with Gasteiger partial charge in [-0.1, -0.05) is 42.5 Å². The molecular formula is C23H17NO4. The Hall–Kier alpha value is -3.60. The summed E-state index contributed by atoms with van der Waals surface area (Å²) in [5.41, 5.74) is 2.84. The van der Waals surface area contributed by atoms with Gasteiger partial charge in [0.15, 0.2) is 11.5 Å². The van der Waals surface area contributed by atoms with E-state index in [0.29, 0.717) is 29.0 Å². The summed E-state index contributed by atoms with van der Waals surface area (Å²) in [6.45, 7) is 0.178. The molecule has 0 saturated heterocycles. The second kappa shape index (κ2) is 6.53. The first-order chi connectivity index (χ1) is 13.7. The Morgan fingerprint density at radius 1 is 0.893 bits per heavy atom. The molecule has 1 atom stereocenters. The lowest BCUT2D eigenvalue weighted by Gasteiger charge is -2.35. The van der Waals surface area contributed by atoms with Crippen molar-refractivity contribution in [3.05, 3.63) is 95.1 Å². The smallest absolute Gasteiger partial charge is 0.261 e. The van der Waals surface area contributed by atoms with Crippen molar-refractivity contribution < 1.29 is 19.1 Å². The largest absolute Gasteiger partial charge is 0.454 e. The van der Waals surface area contributed by atoms with Crippen LogP contribution in [0.3, 0.4) is 0 Å². The number of imide groups is 1. The topological polar surface area (TPSA) is 55.8 Å². The van der Waals surface area contributed by atoms with E-state index >= 15 is 0 Å². The van der Waals surface area contributed by atoms with Crippen molar-refractivity contribution in [1.29, 1.82) is 0 Å². The van der Waals surface area contributed by atoms with Gasteiger partial charge in [0.1, 0.15) is 0 Å². The first-order valence-electron chi connectivity index (χ1n) is 9.13. The number of carbonyl (C=O) groups excluding carboxylic acids is 2. The predicted molar refractivity (Wildman–Crippen MR) is 102 cm³/mol. The summed E-state index contributed by atoms with van der Waals surface area (Å²) in [5, 5.41) is 0. The number of nitrogens with zero attached hydrogens (tertiary/aromatic N) is 1. The average Bonchev–Trinajstić information content (AvgIpc) is 3.22. The van der Waals surface area contributed by atoms with Crippen LogP contribution in [0.25, 0.3) is 0 Å². The number of benzene rings is 3. The van der Waals surface area contributed by atoms with Crippen LogP contribution in [-0.2, 0) is 6.42 Å². The van der Waals surface area contributed by atoms with Crippen LogP contribution in [0.5, 0.6) is 11.5 Å². The number of hydrogen-bond donors (Lipinski definition) is 0. The highest BCUT2D eigenvalue weighted by Crippen LogP contribution is 2.39. The molecule has 2 aliphatic heterocycles. The van der Waals surface area contributed by atoms with Gasteiger partial charge in [0.2, 0.25) is 6.79 Å². The molecule has 0 spiro atoms. The van der Waals surface area contributed by atoms with Gasteiger partial charge in [-0.05, 0) is 47.9 Å². The molecule has 3 aromatic carbocycles. The first kappa shape index (κ1) is 16.6. The Bertz CT molecular complexity index is 1080. The fourth-order valence-electron chi connectivity index (χ4n) is 3.82. The molecule has 28 heavy (non-hydrogen) atoms. The SMILES string of the molecule is O=C(c1ccccc1)N1C(=O)c2ccccc2CC1c1ccc2c(c1)OCO2. The Morgan fingerprint density at radius 3 is 2.50 bits per heavy atom. The number of hydrogen-bond acceptors (Lipinski definition) is 4. The maximum Gasteiger partial charge on any atom is 0.261 e. The van der Waals surface area contributed by atoms with E-state index in [2.05, 4.69) is 0 Å². The molecule has 2 amide bonds. The lowest BCUT2D eigenvalue weighted by atomic mass is 9.88. The molecule has 0 N–H and O–H groups in total. The van der Waals surface area contributed by atoms with Gasteiger partial charge in [-0.25, -0.2) is 0 Å². The quantitative estimate of drug-likeness (QED) is 0.639. The van der Waals surface area contributed by atoms with Crippen LogP contribution in [0.15, 0.2) is 72.8 Å². The molecule has 5 nitrogen and oxygen atoms in total. The molecule has 5 rings (SSSR count). The van der Waals surface area contributed by atoms with Crippen molar-refractivity contribution in [1.82, 2.24) is 4.90 Å². The number of carbonyl (C=O) groups is 2. The molecule has 2 heterocycles. The van der Waals surface area contributed by atoms with Gasteiger partial charge < -0.3 is 9.47 Å². The van der Waals surface area contributed by atoms with Crippen molar-refractivity contribution in [2.24, 2.45) is 0 Å². The summed E-state index contributed by atoms with van der Waals surface area (Å²) in [5.74, 6) is 0.726. The monoisotopic (exact) mass is 371 g/mol. The Labute approximate surface area is 162 Å². The van der Waals surface area contributed by atoms with Crippen molar-refractivity contribution in [3.8, 4) is 11.5 Å². The van der Waals surface area contributed by atoms with Crippen molar-refractivity contribution in [3.63, 3.8) is 0 Å².